The highest BCUT2D eigenvalue weighted by Crippen LogP contribution is 2.62. The lowest BCUT2D eigenvalue weighted by Crippen LogP contribution is -2.36. The topological polar surface area (TPSA) is 68.2 Å². The molecule has 0 radical (unpaired) electrons. The number of carbonyl (C=O) groups is 1. The Hall–Kier alpha value is -1.32. The fourth-order valence-corrected chi connectivity index (χ4v) is 5.00. The minimum absolute atomic E-state index is 0. The van der Waals surface area contributed by atoms with Gasteiger partial charge in [-0.15, -0.1) is 12.4 Å². The Morgan fingerprint density at radius 2 is 2.15 bits per heavy atom. The number of hydrogen-bond acceptors (Lipinski definition) is 4. The molecule has 2 aliphatic rings. The molecule has 2 N–H and O–H groups in total. The van der Waals surface area contributed by atoms with Crippen LogP contribution in [0.15, 0.2) is 42.6 Å². The number of fused-ring (bicyclic) bond motifs is 1. The number of benzene rings is 1. The molecule has 1 aliphatic carbocycles. The van der Waals surface area contributed by atoms with E-state index in [1.165, 1.54) is 5.69 Å². The zero-order chi connectivity index (χ0) is 18.0. The minimum atomic E-state index is -0.356. The average Bonchev–Trinajstić information content (AvgIpc) is 3.08. The molecule has 0 bridgehead atoms. The normalized spacial score (nSPS) is 25.8. The Kier molecular flexibility index (Phi) is 6.65. The predicted molar refractivity (Wildman–Crippen MR) is 114 cm³/mol. The lowest BCUT2D eigenvalue weighted by atomic mass is 9.96. The zero-order valence-corrected chi connectivity index (χ0v) is 17.9. The quantitative estimate of drug-likeness (QED) is 0.471. The smallest absolute Gasteiger partial charge is 0.407 e. The largest absolute Gasteiger partial charge is 0.445 e. The van der Waals surface area contributed by atoms with Crippen molar-refractivity contribution in [2.45, 2.75) is 23.0 Å². The second-order valence-electron chi connectivity index (χ2n) is 7.00. The first-order valence-electron chi connectivity index (χ1n) is 8.99. The summed E-state index contributed by atoms with van der Waals surface area (Å²) in [6.45, 7) is 2.93. The van der Waals surface area contributed by atoms with Crippen molar-refractivity contribution in [1.82, 2.24) is 20.4 Å². The summed E-state index contributed by atoms with van der Waals surface area (Å²) in [5, 5.41) is 11.0. The van der Waals surface area contributed by atoms with Crippen LogP contribution in [0.2, 0.25) is 0 Å². The number of alkyl carbamates (subject to hydrolysis) is 1. The third kappa shape index (κ3) is 3.95. The Balaban J connectivity index is 0.00000210. The van der Waals surface area contributed by atoms with Crippen molar-refractivity contribution in [3.63, 3.8) is 0 Å². The summed E-state index contributed by atoms with van der Waals surface area (Å²) in [7, 11) is 0. The maximum atomic E-state index is 12.2. The molecule has 1 saturated carbocycles. The van der Waals surface area contributed by atoms with E-state index in [4.69, 9.17) is 4.74 Å². The van der Waals surface area contributed by atoms with Crippen LogP contribution >= 0.6 is 35.0 Å². The molecule has 27 heavy (non-hydrogen) atoms. The molecule has 2 heterocycles. The third-order valence-corrected chi connectivity index (χ3v) is 6.39. The number of nitrogens with zero attached hydrogens (tertiary/aromatic N) is 2. The third-order valence-electron chi connectivity index (χ3n) is 5.74. The standard InChI is InChI=1S/C19H23IN4O2.ClH/c20-13-24-17(7-9-23-24)19(15-6-8-21-10-16(15)19)12-22-18(25)26-11-14-4-2-1-3-5-14;/h1-5,7,9,15-16,21H,6,8,10-13H2,(H,22,25);1H. The maximum absolute atomic E-state index is 12.2. The van der Waals surface area contributed by atoms with Crippen molar-refractivity contribution < 1.29 is 9.53 Å². The lowest BCUT2D eigenvalue weighted by molar-refractivity contribution is 0.138. The number of halogens is 2. The highest BCUT2D eigenvalue weighted by Gasteiger charge is 2.66. The molecule has 3 atom stereocenters. The molecular weight excluding hydrogens is 479 g/mol. The number of nitrogens with one attached hydrogen (secondary N) is 2. The molecule has 1 aromatic carbocycles. The van der Waals surface area contributed by atoms with Crippen LogP contribution in [0.4, 0.5) is 4.79 Å². The van der Waals surface area contributed by atoms with Gasteiger partial charge in [0, 0.05) is 23.9 Å². The van der Waals surface area contributed by atoms with E-state index in [0.717, 1.165) is 29.6 Å². The van der Waals surface area contributed by atoms with Gasteiger partial charge >= 0.3 is 6.09 Å². The number of amides is 1. The van der Waals surface area contributed by atoms with Gasteiger partial charge in [0.2, 0.25) is 0 Å². The van der Waals surface area contributed by atoms with E-state index >= 15 is 0 Å². The van der Waals surface area contributed by atoms with Gasteiger partial charge in [0.25, 0.3) is 0 Å². The molecular formula is C19H24ClIN4O2. The average molecular weight is 503 g/mol. The van der Waals surface area contributed by atoms with Crippen LogP contribution in [0.3, 0.4) is 0 Å². The van der Waals surface area contributed by atoms with Gasteiger partial charge in [-0.1, -0.05) is 52.9 Å². The summed E-state index contributed by atoms with van der Waals surface area (Å²) >= 11 is 2.33. The number of rotatable bonds is 6. The summed E-state index contributed by atoms with van der Waals surface area (Å²) in [6.07, 6.45) is 2.64. The van der Waals surface area contributed by atoms with Crippen LogP contribution in [0.1, 0.15) is 17.7 Å². The Morgan fingerprint density at radius 3 is 2.85 bits per heavy atom. The van der Waals surface area contributed by atoms with E-state index in [2.05, 4.69) is 49.1 Å². The molecule has 1 amide bonds. The van der Waals surface area contributed by atoms with Crippen molar-refractivity contribution in [2.75, 3.05) is 19.6 Å². The minimum Gasteiger partial charge on any atom is -0.445 e. The number of ether oxygens (including phenoxy) is 1. The van der Waals surface area contributed by atoms with E-state index in [0.29, 0.717) is 25.0 Å². The fourth-order valence-electron chi connectivity index (χ4n) is 4.45. The van der Waals surface area contributed by atoms with Gasteiger partial charge in [0.05, 0.1) is 4.55 Å². The zero-order valence-electron chi connectivity index (χ0n) is 14.9. The van der Waals surface area contributed by atoms with Crippen LogP contribution < -0.4 is 10.6 Å². The maximum Gasteiger partial charge on any atom is 0.407 e. The number of hydrogen-bond donors (Lipinski definition) is 2. The lowest BCUT2D eigenvalue weighted by Gasteiger charge is -2.20. The Morgan fingerprint density at radius 1 is 1.33 bits per heavy atom. The molecule has 2 aromatic rings. The fraction of sp³-hybridized carbons (Fsp3) is 0.474. The summed E-state index contributed by atoms with van der Waals surface area (Å²) in [4.78, 5) is 12.2. The van der Waals surface area contributed by atoms with Gasteiger partial charge in [-0.3, -0.25) is 4.68 Å². The molecule has 0 spiro atoms. The number of piperidine rings is 1. The van der Waals surface area contributed by atoms with Crippen molar-refractivity contribution in [3.05, 3.63) is 53.9 Å². The van der Waals surface area contributed by atoms with Gasteiger partial charge < -0.3 is 15.4 Å². The van der Waals surface area contributed by atoms with Gasteiger partial charge in [-0.2, -0.15) is 5.10 Å². The first-order chi connectivity index (χ1) is 12.8. The highest BCUT2D eigenvalue weighted by atomic mass is 127. The number of aromatic nitrogens is 2. The van der Waals surface area contributed by atoms with Gasteiger partial charge in [0.15, 0.2) is 0 Å². The number of alkyl halides is 1. The monoisotopic (exact) mass is 502 g/mol. The van der Waals surface area contributed by atoms with Crippen LogP contribution in [0.5, 0.6) is 0 Å². The van der Waals surface area contributed by atoms with Crippen LogP contribution in [-0.4, -0.2) is 35.5 Å². The molecule has 2 fully saturated rings. The van der Waals surface area contributed by atoms with E-state index in [1.807, 2.05) is 36.5 Å². The second kappa shape index (κ2) is 8.79. The van der Waals surface area contributed by atoms with Crippen molar-refractivity contribution in [2.24, 2.45) is 11.8 Å². The summed E-state index contributed by atoms with van der Waals surface area (Å²) in [5.74, 6) is 1.14. The first kappa shape index (κ1) is 20.4. The van der Waals surface area contributed by atoms with E-state index in [9.17, 15) is 4.79 Å². The molecule has 1 aromatic heterocycles. The molecule has 8 heteroatoms. The molecule has 146 valence electrons. The molecule has 1 saturated heterocycles. The Labute approximate surface area is 179 Å². The summed E-state index contributed by atoms with van der Waals surface area (Å²) < 4.78 is 8.25. The summed E-state index contributed by atoms with van der Waals surface area (Å²) in [6, 6.07) is 11.8. The van der Waals surface area contributed by atoms with E-state index in [-0.39, 0.29) is 23.9 Å². The predicted octanol–water partition coefficient (Wildman–Crippen LogP) is 3.10. The van der Waals surface area contributed by atoms with Crippen molar-refractivity contribution >= 4 is 41.1 Å². The van der Waals surface area contributed by atoms with Crippen molar-refractivity contribution in [3.8, 4) is 0 Å². The van der Waals surface area contributed by atoms with Crippen LogP contribution in [-0.2, 0) is 21.3 Å². The summed E-state index contributed by atoms with van der Waals surface area (Å²) in [5.41, 5.74) is 2.19. The molecule has 1 aliphatic heterocycles. The SMILES string of the molecule is Cl.O=C(NCC1(c2ccnn2CI)C2CCNCC21)OCc1ccccc1. The van der Waals surface area contributed by atoms with E-state index in [1.54, 1.807) is 0 Å². The van der Waals surface area contributed by atoms with Gasteiger partial charge in [0.1, 0.15) is 6.61 Å². The van der Waals surface area contributed by atoms with Crippen molar-refractivity contribution in [1.29, 1.82) is 0 Å². The highest BCUT2D eigenvalue weighted by molar-refractivity contribution is 14.1. The second-order valence-corrected chi connectivity index (χ2v) is 7.68. The van der Waals surface area contributed by atoms with Crippen LogP contribution in [0.25, 0.3) is 0 Å². The molecule has 3 unspecified atom stereocenters. The van der Waals surface area contributed by atoms with Crippen LogP contribution in [0, 0.1) is 11.8 Å². The van der Waals surface area contributed by atoms with Gasteiger partial charge in [-0.25, -0.2) is 4.79 Å². The molecule has 4 rings (SSSR count). The van der Waals surface area contributed by atoms with E-state index < -0.39 is 0 Å². The number of carbonyl (C=O) groups excluding carboxylic acids is 1. The first-order valence-corrected chi connectivity index (χ1v) is 10.5. The Bertz CT molecular complexity index is 758. The van der Waals surface area contributed by atoms with Gasteiger partial charge in [-0.05, 0) is 43.0 Å². The molecule has 6 nitrogen and oxygen atoms in total.